The number of aliphatic hydroxyl groups is 2. The van der Waals surface area contributed by atoms with Gasteiger partial charge in [-0.05, 0) is 6.07 Å². The van der Waals surface area contributed by atoms with Crippen LogP contribution in [0, 0.1) is 0 Å². The molecule has 0 spiro atoms. The van der Waals surface area contributed by atoms with Gasteiger partial charge in [0.15, 0.2) is 0 Å². The van der Waals surface area contributed by atoms with Crippen molar-refractivity contribution in [3.63, 3.8) is 0 Å². The standard InChI is InChI=1S/C9H13BrN2O2/c10-5-8(13)9(14)6-3-1-2-4-7(6)12-11/h1-4,8-9,12-14H,5,11H2. The van der Waals surface area contributed by atoms with E-state index in [1.807, 2.05) is 0 Å². The fourth-order valence-corrected chi connectivity index (χ4v) is 1.53. The molecule has 0 bridgehead atoms. The minimum absolute atomic E-state index is 0.313. The molecule has 2 atom stereocenters. The average molecular weight is 261 g/mol. The molecule has 1 aromatic rings. The number of nitrogens with two attached hydrogens (primary N) is 1. The van der Waals surface area contributed by atoms with E-state index in [1.165, 1.54) is 0 Å². The van der Waals surface area contributed by atoms with E-state index in [9.17, 15) is 10.2 Å². The second-order valence-electron chi connectivity index (χ2n) is 2.90. The van der Waals surface area contributed by atoms with Crippen molar-refractivity contribution in [2.45, 2.75) is 12.2 Å². The Morgan fingerprint density at radius 3 is 2.57 bits per heavy atom. The molecule has 0 aliphatic heterocycles. The van der Waals surface area contributed by atoms with E-state index < -0.39 is 12.2 Å². The second kappa shape index (κ2) is 5.31. The van der Waals surface area contributed by atoms with Gasteiger partial charge in [-0.25, -0.2) is 0 Å². The van der Waals surface area contributed by atoms with Gasteiger partial charge in [0.25, 0.3) is 0 Å². The number of hydrogen-bond acceptors (Lipinski definition) is 4. The predicted molar refractivity (Wildman–Crippen MR) is 59.0 cm³/mol. The number of aliphatic hydroxyl groups excluding tert-OH is 2. The number of para-hydroxylation sites is 1. The molecule has 0 heterocycles. The van der Waals surface area contributed by atoms with Gasteiger partial charge in [-0.2, -0.15) is 0 Å². The van der Waals surface area contributed by atoms with Crippen molar-refractivity contribution in [3.8, 4) is 0 Å². The van der Waals surface area contributed by atoms with Gasteiger partial charge in [0.1, 0.15) is 6.10 Å². The van der Waals surface area contributed by atoms with Crippen molar-refractivity contribution < 1.29 is 10.2 Å². The Bertz CT molecular complexity index is 296. The summed E-state index contributed by atoms with van der Waals surface area (Å²) in [6.45, 7) is 0. The van der Waals surface area contributed by atoms with Crippen molar-refractivity contribution in [1.82, 2.24) is 0 Å². The second-order valence-corrected chi connectivity index (χ2v) is 3.55. The van der Waals surface area contributed by atoms with Gasteiger partial charge in [0.05, 0.1) is 11.8 Å². The molecule has 1 rings (SSSR count). The topological polar surface area (TPSA) is 78.5 Å². The number of nitrogen functional groups attached to an aromatic ring is 1. The molecule has 0 aliphatic rings. The Balaban J connectivity index is 2.93. The van der Waals surface area contributed by atoms with Crippen molar-refractivity contribution in [3.05, 3.63) is 29.8 Å². The van der Waals surface area contributed by atoms with Gasteiger partial charge in [0.2, 0.25) is 0 Å². The Labute approximate surface area is 90.8 Å². The lowest BCUT2D eigenvalue weighted by Gasteiger charge is -2.18. The molecule has 78 valence electrons. The summed E-state index contributed by atoms with van der Waals surface area (Å²) in [5, 5.41) is 19.5. The number of alkyl halides is 1. The molecule has 0 saturated carbocycles. The molecule has 5 N–H and O–H groups in total. The lowest BCUT2D eigenvalue weighted by atomic mass is 10.0. The molecule has 0 aromatic heterocycles. The third-order valence-electron chi connectivity index (χ3n) is 1.96. The van der Waals surface area contributed by atoms with Crippen LogP contribution in [0.25, 0.3) is 0 Å². The largest absolute Gasteiger partial charge is 0.389 e. The van der Waals surface area contributed by atoms with Crippen LogP contribution in [-0.4, -0.2) is 21.6 Å². The Morgan fingerprint density at radius 1 is 1.36 bits per heavy atom. The number of halogens is 1. The monoisotopic (exact) mass is 260 g/mol. The fraction of sp³-hybridized carbons (Fsp3) is 0.333. The highest BCUT2D eigenvalue weighted by Crippen LogP contribution is 2.24. The minimum Gasteiger partial charge on any atom is -0.389 e. The first kappa shape index (κ1) is 11.5. The molecular weight excluding hydrogens is 248 g/mol. The molecule has 5 heteroatoms. The van der Waals surface area contributed by atoms with Crippen LogP contribution in [0.4, 0.5) is 5.69 Å². The van der Waals surface area contributed by atoms with E-state index >= 15 is 0 Å². The summed E-state index contributed by atoms with van der Waals surface area (Å²) in [5.41, 5.74) is 3.67. The third kappa shape index (κ3) is 2.45. The van der Waals surface area contributed by atoms with E-state index in [4.69, 9.17) is 5.84 Å². The van der Waals surface area contributed by atoms with Crippen molar-refractivity contribution in [1.29, 1.82) is 0 Å². The van der Waals surface area contributed by atoms with E-state index in [-0.39, 0.29) is 0 Å². The zero-order valence-electron chi connectivity index (χ0n) is 7.52. The van der Waals surface area contributed by atoms with E-state index in [0.717, 1.165) is 0 Å². The van der Waals surface area contributed by atoms with Crippen molar-refractivity contribution >= 4 is 21.6 Å². The highest BCUT2D eigenvalue weighted by Gasteiger charge is 2.19. The SMILES string of the molecule is NNc1ccccc1C(O)C(O)CBr. The zero-order chi connectivity index (χ0) is 10.6. The smallest absolute Gasteiger partial charge is 0.108 e. The number of nitrogens with one attached hydrogen (secondary N) is 1. The van der Waals surface area contributed by atoms with Crippen LogP contribution in [0.1, 0.15) is 11.7 Å². The normalized spacial score (nSPS) is 14.9. The van der Waals surface area contributed by atoms with Crippen molar-refractivity contribution in [2.24, 2.45) is 5.84 Å². The maximum absolute atomic E-state index is 9.73. The van der Waals surface area contributed by atoms with Gasteiger partial charge in [-0.15, -0.1) is 0 Å². The van der Waals surface area contributed by atoms with Gasteiger partial charge < -0.3 is 15.6 Å². The zero-order valence-corrected chi connectivity index (χ0v) is 9.11. The lowest BCUT2D eigenvalue weighted by molar-refractivity contribution is 0.0347. The Hall–Kier alpha value is -0.620. The predicted octanol–water partition coefficient (Wildman–Crippen LogP) is 0.761. The molecule has 0 amide bonds. The quantitative estimate of drug-likeness (QED) is 0.366. The highest BCUT2D eigenvalue weighted by molar-refractivity contribution is 9.09. The first-order chi connectivity index (χ1) is 6.70. The molecule has 4 nitrogen and oxygen atoms in total. The number of rotatable bonds is 4. The Kier molecular flexibility index (Phi) is 4.34. The van der Waals surface area contributed by atoms with Crippen molar-refractivity contribution in [2.75, 3.05) is 10.8 Å². The molecule has 0 aliphatic carbocycles. The van der Waals surface area contributed by atoms with Gasteiger partial charge >= 0.3 is 0 Å². The van der Waals surface area contributed by atoms with Crippen LogP contribution in [-0.2, 0) is 0 Å². The third-order valence-corrected chi connectivity index (χ3v) is 2.62. The molecule has 1 aromatic carbocycles. The van der Waals surface area contributed by atoms with E-state index in [1.54, 1.807) is 24.3 Å². The van der Waals surface area contributed by atoms with Crippen LogP contribution in [0.3, 0.4) is 0 Å². The summed E-state index contributed by atoms with van der Waals surface area (Å²) >= 11 is 3.10. The number of benzene rings is 1. The number of hydrazine groups is 1. The minimum atomic E-state index is -0.943. The lowest BCUT2D eigenvalue weighted by Crippen LogP contribution is -2.21. The highest BCUT2D eigenvalue weighted by atomic mass is 79.9. The number of hydrogen-bond donors (Lipinski definition) is 4. The Morgan fingerprint density at radius 2 is 2.00 bits per heavy atom. The van der Waals surface area contributed by atoms with Gasteiger partial charge in [0, 0.05) is 10.9 Å². The summed E-state index contributed by atoms with van der Waals surface area (Å²) in [4.78, 5) is 0. The molecular formula is C9H13BrN2O2. The van der Waals surface area contributed by atoms with E-state index in [2.05, 4.69) is 21.4 Å². The van der Waals surface area contributed by atoms with Gasteiger partial charge in [-0.1, -0.05) is 34.1 Å². The maximum atomic E-state index is 9.73. The molecule has 0 radical (unpaired) electrons. The molecule has 14 heavy (non-hydrogen) atoms. The van der Waals surface area contributed by atoms with Crippen LogP contribution >= 0.6 is 15.9 Å². The first-order valence-electron chi connectivity index (χ1n) is 4.18. The van der Waals surface area contributed by atoms with Crippen LogP contribution < -0.4 is 11.3 Å². The maximum Gasteiger partial charge on any atom is 0.108 e. The van der Waals surface area contributed by atoms with E-state index in [0.29, 0.717) is 16.6 Å². The number of anilines is 1. The van der Waals surface area contributed by atoms with Crippen LogP contribution in [0.2, 0.25) is 0 Å². The summed E-state index contributed by atoms with van der Waals surface area (Å²) in [6.07, 6.45) is -1.79. The fourth-order valence-electron chi connectivity index (χ4n) is 1.18. The summed E-state index contributed by atoms with van der Waals surface area (Å²) in [5.74, 6) is 5.28. The van der Waals surface area contributed by atoms with Crippen LogP contribution in [0.15, 0.2) is 24.3 Å². The molecule has 2 unspecified atom stereocenters. The average Bonchev–Trinajstić information content (AvgIpc) is 2.26. The molecule has 0 saturated heterocycles. The summed E-state index contributed by atoms with van der Waals surface area (Å²) in [7, 11) is 0. The van der Waals surface area contributed by atoms with Gasteiger partial charge in [-0.3, -0.25) is 5.84 Å². The summed E-state index contributed by atoms with van der Waals surface area (Å²) in [6, 6.07) is 7.03. The summed E-state index contributed by atoms with van der Waals surface area (Å²) < 4.78 is 0. The van der Waals surface area contributed by atoms with Crippen LogP contribution in [0.5, 0.6) is 0 Å². The first-order valence-corrected chi connectivity index (χ1v) is 5.30. The molecule has 0 fully saturated rings.